The maximum Gasteiger partial charge on any atom is 0.255 e. The maximum absolute atomic E-state index is 13.3. The van der Waals surface area contributed by atoms with Crippen LogP contribution in [0.1, 0.15) is 67.7 Å². The molecule has 1 N–H and O–H groups in total. The number of hydrogen-bond acceptors (Lipinski definition) is 3. The van der Waals surface area contributed by atoms with Crippen LogP contribution in [0.25, 0.3) is 0 Å². The van der Waals surface area contributed by atoms with Crippen LogP contribution in [0.3, 0.4) is 0 Å². The summed E-state index contributed by atoms with van der Waals surface area (Å²) in [6.45, 7) is 9.68. The number of nitrogens with one attached hydrogen (secondary N) is 1. The molecule has 1 saturated carbocycles. The van der Waals surface area contributed by atoms with Crippen LogP contribution in [-0.4, -0.2) is 45.1 Å². The van der Waals surface area contributed by atoms with Gasteiger partial charge in [0.05, 0.1) is 11.3 Å². The minimum atomic E-state index is -0.744. The van der Waals surface area contributed by atoms with E-state index in [1.165, 1.54) is 0 Å². The molecule has 0 atom stereocenters. The van der Waals surface area contributed by atoms with Crippen molar-refractivity contribution in [3.8, 4) is 0 Å². The van der Waals surface area contributed by atoms with Gasteiger partial charge in [-0.3, -0.25) is 14.3 Å². The van der Waals surface area contributed by atoms with Gasteiger partial charge in [-0.1, -0.05) is 26.7 Å². The van der Waals surface area contributed by atoms with E-state index in [2.05, 4.69) is 24.3 Å². The number of aryl methyl sites for hydroxylation is 2. The smallest absolute Gasteiger partial charge is 0.255 e. The van der Waals surface area contributed by atoms with Crippen LogP contribution >= 0.6 is 0 Å². The van der Waals surface area contributed by atoms with Crippen LogP contribution in [0.15, 0.2) is 0 Å². The van der Waals surface area contributed by atoms with Gasteiger partial charge in [0.1, 0.15) is 5.54 Å². The summed E-state index contributed by atoms with van der Waals surface area (Å²) in [6, 6.07) is 0. The number of nitrogens with zero attached hydrogens (tertiary/aromatic N) is 3. The third kappa shape index (κ3) is 3.18. The van der Waals surface area contributed by atoms with Crippen LogP contribution in [-0.2, 0) is 11.8 Å². The van der Waals surface area contributed by atoms with Crippen molar-refractivity contribution in [3.63, 3.8) is 0 Å². The summed E-state index contributed by atoms with van der Waals surface area (Å²) >= 11 is 0. The molecule has 3 rings (SSSR count). The molecule has 1 aromatic rings. The summed E-state index contributed by atoms with van der Waals surface area (Å²) in [4.78, 5) is 28.2. The van der Waals surface area contributed by atoms with Gasteiger partial charge in [-0.25, -0.2) is 0 Å². The minimum Gasteiger partial charge on any atom is -0.340 e. The Balaban J connectivity index is 1.83. The first-order valence-electron chi connectivity index (χ1n) is 9.27. The fourth-order valence-electron chi connectivity index (χ4n) is 4.34. The largest absolute Gasteiger partial charge is 0.340 e. The van der Waals surface area contributed by atoms with E-state index in [0.29, 0.717) is 11.3 Å². The summed E-state index contributed by atoms with van der Waals surface area (Å²) in [5.41, 5.74) is 1.56. The quantitative estimate of drug-likeness (QED) is 0.913. The average molecular weight is 346 g/mol. The normalized spacial score (nSPS) is 21.6. The van der Waals surface area contributed by atoms with Crippen molar-refractivity contribution in [2.45, 2.75) is 65.3 Å². The predicted molar refractivity (Wildman–Crippen MR) is 96.3 cm³/mol. The number of aromatic nitrogens is 2. The lowest BCUT2D eigenvalue weighted by Gasteiger charge is -2.34. The average Bonchev–Trinajstić information content (AvgIpc) is 3.19. The highest BCUT2D eigenvalue weighted by atomic mass is 16.2. The van der Waals surface area contributed by atoms with E-state index in [9.17, 15) is 9.59 Å². The molecule has 2 heterocycles. The minimum absolute atomic E-state index is 0.100. The zero-order valence-corrected chi connectivity index (χ0v) is 16.1. The van der Waals surface area contributed by atoms with Gasteiger partial charge in [-0.2, -0.15) is 5.10 Å². The molecule has 1 saturated heterocycles. The van der Waals surface area contributed by atoms with Crippen molar-refractivity contribution < 1.29 is 9.59 Å². The second kappa shape index (κ2) is 6.15. The van der Waals surface area contributed by atoms with Crippen molar-refractivity contribution in [2.75, 3.05) is 13.1 Å². The van der Waals surface area contributed by atoms with E-state index in [-0.39, 0.29) is 17.2 Å². The van der Waals surface area contributed by atoms with Crippen LogP contribution in [0.4, 0.5) is 0 Å². The Morgan fingerprint density at radius 2 is 1.76 bits per heavy atom. The molecule has 1 aromatic heterocycles. The van der Waals surface area contributed by atoms with Crippen molar-refractivity contribution in [1.29, 1.82) is 0 Å². The molecule has 2 aliphatic rings. The SMILES string of the molecule is Cc1nn(C)c(C)c1C(=O)NC1(C(=O)N2CCC(C)(C)C2)CCCC1. The van der Waals surface area contributed by atoms with E-state index < -0.39 is 5.54 Å². The molecule has 138 valence electrons. The molecule has 0 unspecified atom stereocenters. The Labute approximate surface area is 149 Å². The number of amides is 2. The van der Waals surface area contributed by atoms with Gasteiger partial charge in [-0.05, 0) is 38.5 Å². The first-order valence-corrected chi connectivity index (χ1v) is 9.27. The fourth-order valence-corrected chi connectivity index (χ4v) is 4.34. The Kier molecular flexibility index (Phi) is 4.41. The summed E-state index contributed by atoms with van der Waals surface area (Å²) in [7, 11) is 1.84. The number of likely N-dealkylation sites (tertiary alicyclic amines) is 1. The van der Waals surface area contributed by atoms with Gasteiger partial charge >= 0.3 is 0 Å². The molecule has 6 nitrogen and oxygen atoms in total. The first-order chi connectivity index (χ1) is 11.7. The molecule has 1 aliphatic heterocycles. The standard InChI is InChI=1S/C19H30N4O2/c1-13-15(14(2)22(5)21-13)16(24)20-19(8-6-7-9-19)17(25)23-11-10-18(3,4)12-23/h6-12H2,1-5H3,(H,20,24). The van der Waals surface area contributed by atoms with E-state index in [4.69, 9.17) is 0 Å². The number of hydrogen-bond donors (Lipinski definition) is 1. The van der Waals surface area contributed by atoms with Gasteiger partial charge in [0.2, 0.25) is 5.91 Å². The third-order valence-corrected chi connectivity index (χ3v) is 5.92. The Morgan fingerprint density at radius 3 is 2.24 bits per heavy atom. The highest BCUT2D eigenvalue weighted by Crippen LogP contribution is 2.36. The topological polar surface area (TPSA) is 67.2 Å². The van der Waals surface area contributed by atoms with E-state index in [0.717, 1.165) is 50.9 Å². The predicted octanol–water partition coefficient (Wildman–Crippen LogP) is 2.34. The number of rotatable bonds is 3. The molecule has 2 amide bonds. The molecule has 0 spiro atoms. The van der Waals surface area contributed by atoms with E-state index in [1.807, 2.05) is 25.8 Å². The first kappa shape index (κ1) is 18.0. The maximum atomic E-state index is 13.3. The monoisotopic (exact) mass is 346 g/mol. The molecule has 0 radical (unpaired) electrons. The van der Waals surface area contributed by atoms with Crippen molar-refractivity contribution >= 4 is 11.8 Å². The zero-order chi connectivity index (χ0) is 18.4. The van der Waals surface area contributed by atoms with Gasteiger partial charge in [0.15, 0.2) is 0 Å². The Morgan fingerprint density at radius 1 is 1.12 bits per heavy atom. The van der Waals surface area contributed by atoms with Crippen molar-refractivity contribution in [1.82, 2.24) is 20.0 Å². The molecule has 6 heteroatoms. The molecule has 1 aliphatic carbocycles. The molecule has 0 bridgehead atoms. The van der Waals surface area contributed by atoms with E-state index in [1.54, 1.807) is 4.68 Å². The van der Waals surface area contributed by atoms with Crippen LogP contribution in [0.5, 0.6) is 0 Å². The van der Waals surface area contributed by atoms with E-state index >= 15 is 0 Å². The number of carbonyl (C=O) groups excluding carboxylic acids is 2. The lowest BCUT2D eigenvalue weighted by molar-refractivity contribution is -0.137. The van der Waals surface area contributed by atoms with Gasteiger partial charge in [0, 0.05) is 25.8 Å². The zero-order valence-electron chi connectivity index (χ0n) is 16.1. The summed E-state index contributed by atoms with van der Waals surface area (Å²) in [5, 5.41) is 7.46. The van der Waals surface area contributed by atoms with Crippen molar-refractivity contribution in [3.05, 3.63) is 17.0 Å². The summed E-state index contributed by atoms with van der Waals surface area (Å²) in [6.07, 6.45) is 4.44. The van der Waals surface area contributed by atoms with Crippen LogP contribution in [0, 0.1) is 19.3 Å². The highest BCUT2D eigenvalue weighted by molar-refractivity contribution is 6.01. The van der Waals surface area contributed by atoms with Gasteiger partial charge < -0.3 is 10.2 Å². The van der Waals surface area contributed by atoms with Gasteiger partial charge in [0.25, 0.3) is 5.91 Å². The lowest BCUT2D eigenvalue weighted by Crippen LogP contribution is -2.58. The Bertz CT molecular complexity index is 699. The van der Waals surface area contributed by atoms with Crippen LogP contribution < -0.4 is 5.32 Å². The highest BCUT2D eigenvalue weighted by Gasteiger charge is 2.47. The second-order valence-corrected chi connectivity index (χ2v) is 8.55. The molecule has 0 aromatic carbocycles. The molecular formula is C19H30N4O2. The van der Waals surface area contributed by atoms with Crippen molar-refractivity contribution in [2.24, 2.45) is 12.5 Å². The van der Waals surface area contributed by atoms with Crippen LogP contribution in [0.2, 0.25) is 0 Å². The molecule has 25 heavy (non-hydrogen) atoms. The molecule has 2 fully saturated rings. The molecular weight excluding hydrogens is 316 g/mol. The number of carbonyl (C=O) groups is 2. The third-order valence-electron chi connectivity index (χ3n) is 5.92. The second-order valence-electron chi connectivity index (χ2n) is 8.55. The fraction of sp³-hybridized carbons (Fsp3) is 0.737. The summed E-state index contributed by atoms with van der Waals surface area (Å²) < 4.78 is 1.72. The summed E-state index contributed by atoms with van der Waals surface area (Å²) in [5.74, 6) is -0.0695. The van der Waals surface area contributed by atoms with Gasteiger partial charge in [-0.15, -0.1) is 0 Å². The Hall–Kier alpha value is -1.85. The lowest BCUT2D eigenvalue weighted by atomic mass is 9.92.